The van der Waals surface area contributed by atoms with Crippen LogP contribution in [0.5, 0.6) is 0 Å². The first kappa shape index (κ1) is 17.1. The van der Waals surface area contributed by atoms with Crippen molar-refractivity contribution in [2.24, 2.45) is 0 Å². The largest absolute Gasteiger partial charge is 0.438 e. The van der Waals surface area contributed by atoms with E-state index in [0.29, 0.717) is 5.02 Å². The Labute approximate surface area is 135 Å². The summed E-state index contributed by atoms with van der Waals surface area (Å²) in [7, 11) is 1.56. The number of ether oxygens (including phenoxy) is 3. The van der Waals surface area contributed by atoms with Crippen molar-refractivity contribution in [3.05, 3.63) is 34.3 Å². The minimum absolute atomic E-state index is 0.000139. The van der Waals surface area contributed by atoms with Gasteiger partial charge in [-0.25, -0.2) is 4.79 Å². The van der Waals surface area contributed by atoms with Crippen molar-refractivity contribution in [3.63, 3.8) is 0 Å². The van der Waals surface area contributed by atoms with Crippen LogP contribution in [0.25, 0.3) is 0 Å². The topological polar surface area (TPSA) is 56.8 Å². The van der Waals surface area contributed by atoms with Crippen molar-refractivity contribution >= 4 is 17.7 Å². The smallest absolute Gasteiger partial charge is 0.408 e. The fourth-order valence-electron chi connectivity index (χ4n) is 2.60. The summed E-state index contributed by atoms with van der Waals surface area (Å²) in [6.45, 7) is 3.90. The first-order valence-electron chi connectivity index (χ1n) is 7.38. The van der Waals surface area contributed by atoms with Crippen molar-refractivity contribution in [3.8, 4) is 0 Å². The zero-order valence-electron chi connectivity index (χ0n) is 13.1. The molecule has 2 rings (SSSR count). The zero-order chi connectivity index (χ0) is 16.1. The lowest BCUT2D eigenvalue weighted by Gasteiger charge is -2.33. The number of hydrogen-bond donors (Lipinski definition) is 1. The molecule has 1 amide bonds. The molecule has 1 N–H and O–H groups in total. The summed E-state index contributed by atoms with van der Waals surface area (Å²) >= 11 is 6.33. The van der Waals surface area contributed by atoms with Gasteiger partial charge in [0, 0.05) is 23.7 Å². The fourth-order valence-corrected chi connectivity index (χ4v) is 2.90. The van der Waals surface area contributed by atoms with Crippen LogP contribution >= 0.6 is 11.6 Å². The van der Waals surface area contributed by atoms with Gasteiger partial charge in [0.1, 0.15) is 12.9 Å². The molecule has 1 aromatic carbocycles. The number of rotatable bonds is 5. The van der Waals surface area contributed by atoms with E-state index in [2.05, 4.69) is 5.32 Å². The quantitative estimate of drug-likeness (QED) is 0.842. The van der Waals surface area contributed by atoms with Crippen molar-refractivity contribution in [2.45, 2.75) is 44.9 Å². The van der Waals surface area contributed by atoms with Gasteiger partial charge in [0.25, 0.3) is 0 Å². The molecule has 6 heteroatoms. The van der Waals surface area contributed by atoms with Gasteiger partial charge in [0.15, 0.2) is 6.10 Å². The van der Waals surface area contributed by atoms with E-state index < -0.39 is 12.2 Å². The lowest BCUT2D eigenvalue weighted by molar-refractivity contribution is -0.120. The molecule has 1 aliphatic rings. The second kappa shape index (κ2) is 7.81. The summed E-state index contributed by atoms with van der Waals surface area (Å²) in [5.74, 6) is 0. The van der Waals surface area contributed by atoms with Gasteiger partial charge in [0.05, 0.1) is 0 Å². The maximum atomic E-state index is 12.0. The van der Waals surface area contributed by atoms with Gasteiger partial charge in [-0.1, -0.05) is 23.7 Å². The van der Waals surface area contributed by atoms with Crippen molar-refractivity contribution in [1.29, 1.82) is 0 Å². The molecule has 0 heterocycles. The number of amides is 1. The molecular weight excluding hydrogens is 306 g/mol. The normalized spacial score (nSPS) is 20.6. The van der Waals surface area contributed by atoms with Gasteiger partial charge >= 0.3 is 6.09 Å². The Kier molecular flexibility index (Phi) is 6.06. The number of hydrogen-bond acceptors (Lipinski definition) is 4. The summed E-state index contributed by atoms with van der Waals surface area (Å²) in [5.41, 5.74) is 1.92. The number of nitrogens with one attached hydrogen (secondary N) is 1. The maximum absolute atomic E-state index is 12.0. The molecule has 5 nitrogen and oxygen atoms in total. The molecule has 122 valence electrons. The molecule has 1 aliphatic carbocycles. The number of halogens is 1. The van der Waals surface area contributed by atoms with E-state index >= 15 is 0 Å². The second-order valence-corrected chi connectivity index (χ2v) is 6.00. The minimum atomic E-state index is -0.536. The number of aryl methyl sites for hydroxylation is 1. The molecule has 0 bridgehead atoms. The predicted octanol–water partition coefficient (Wildman–Crippen LogP) is 3.45. The number of carbonyl (C=O) groups is 1. The Balaban J connectivity index is 2.24. The standard InChI is InChI=1S/C16H22ClNO4/c1-10(2)18-16(19)22-15-13(21-9-20-3)8-7-11-5-4-6-12(17)14(11)15/h4-6,10,13,15H,7-9H2,1-3H3,(H,18,19)/t13-,15-/m1/s1. The number of benzene rings is 1. The van der Waals surface area contributed by atoms with E-state index in [9.17, 15) is 4.79 Å². The molecule has 0 aromatic heterocycles. The maximum Gasteiger partial charge on any atom is 0.408 e. The Morgan fingerprint density at radius 1 is 1.45 bits per heavy atom. The highest BCUT2D eigenvalue weighted by Gasteiger charge is 2.35. The first-order chi connectivity index (χ1) is 10.5. The van der Waals surface area contributed by atoms with Crippen molar-refractivity contribution < 1.29 is 19.0 Å². The number of alkyl carbamates (subject to hydrolysis) is 1. The van der Waals surface area contributed by atoms with Crippen LogP contribution in [-0.4, -0.2) is 32.1 Å². The third-order valence-corrected chi connectivity index (χ3v) is 3.83. The van der Waals surface area contributed by atoms with Gasteiger partial charge in [-0.3, -0.25) is 0 Å². The van der Waals surface area contributed by atoms with Crippen LogP contribution in [0.2, 0.25) is 5.02 Å². The Hall–Kier alpha value is -1.30. The van der Waals surface area contributed by atoms with E-state index in [4.69, 9.17) is 25.8 Å². The molecule has 0 aliphatic heterocycles. The molecule has 22 heavy (non-hydrogen) atoms. The van der Waals surface area contributed by atoms with E-state index in [-0.39, 0.29) is 18.9 Å². The van der Waals surface area contributed by atoms with Crippen LogP contribution < -0.4 is 5.32 Å². The van der Waals surface area contributed by atoms with Crippen molar-refractivity contribution in [1.82, 2.24) is 5.32 Å². The number of methoxy groups -OCH3 is 1. The molecule has 0 saturated carbocycles. The first-order valence-corrected chi connectivity index (χ1v) is 7.75. The number of carbonyl (C=O) groups excluding carboxylic acids is 1. The summed E-state index contributed by atoms with van der Waals surface area (Å²) < 4.78 is 16.3. The van der Waals surface area contributed by atoms with Crippen molar-refractivity contribution in [2.75, 3.05) is 13.9 Å². The predicted molar refractivity (Wildman–Crippen MR) is 84.0 cm³/mol. The Bertz CT molecular complexity index is 521. The minimum Gasteiger partial charge on any atom is -0.438 e. The summed E-state index contributed by atoms with van der Waals surface area (Å²) in [6.07, 6.45) is 0.294. The van der Waals surface area contributed by atoms with Crippen LogP contribution in [0.3, 0.4) is 0 Å². The van der Waals surface area contributed by atoms with E-state index in [1.165, 1.54) is 0 Å². The van der Waals surface area contributed by atoms with Gasteiger partial charge in [-0.2, -0.15) is 0 Å². The molecule has 0 fully saturated rings. The molecule has 0 unspecified atom stereocenters. The summed E-state index contributed by atoms with van der Waals surface area (Å²) in [5, 5.41) is 3.31. The van der Waals surface area contributed by atoms with Crippen LogP contribution in [0, 0.1) is 0 Å². The van der Waals surface area contributed by atoms with Gasteiger partial charge in [-0.15, -0.1) is 0 Å². The van der Waals surface area contributed by atoms with Crippen LogP contribution in [0.15, 0.2) is 18.2 Å². The molecule has 2 atom stereocenters. The van der Waals surface area contributed by atoms with Crippen LogP contribution in [0.4, 0.5) is 4.79 Å². The third kappa shape index (κ3) is 4.12. The fraction of sp³-hybridized carbons (Fsp3) is 0.562. The zero-order valence-corrected chi connectivity index (χ0v) is 13.9. The van der Waals surface area contributed by atoms with E-state index in [1.54, 1.807) is 13.2 Å². The molecule has 0 spiro atoms. The summed E-state index contributed by atoms with van der Waals surface area (Å²) in [4.78, 5) is 12.0. The van der Waals surface area contributed by atoms with Gasteiger partial charge in [0.2, 0.25) is 0 Å². The van der Waals surface area contributed by atoms with Gasteiger partial charge in [-0.05, 0) is 38.3 Å². The number of fused-ring (bicyclic) bond motifs is 1. The van der Waals surface area contributed by atoms with E-state index in [1.807, 2.05) is 26.0 Å². The monoisotopic (exact) mass is 327 g/mol. The lowest BCUT2D eigenvalue weighted by atomic mass is 9.87. The summed E-state index contributed by atoms with van der Waals surface area (Å²) in [6, 6.07) is 5.71. The average Bonchev–Trinajstić information content (AvgIpc) is 2.45. The highest BCUT2D eigenvalue weighted by atomic mass is 35.5. The van der Waals surface area contributed by atoms with Crippen LogP contribution in [0.1, 0.15) is 37.5 Å². The van der Waals surface area contributed by atoms with Crippen LogP contribution in [-0.2, 0) is 20.6 Å². The van der Waals surface area contributed by atoms with E-state index in [0.717, 1.165) is 24.0 Å². The SMILES string of the molecule is COCO[C@@H]1CCc2cccc(Cl)c2[C@@H]1OC(=O)NC(C)C. The highest BCUT2D eigenvalue weighted by molar-refractivity contribution is 6.31. The molecule has 1 aromatic rings. The Morgan fingerprint density at radius 2 is 2.23 bits per heavy atom. The van der Waals surface area contributed by atoms with Gasteiger partial charge < -0.3 is 19.5 Å². The molecule has 0 radical (unpaired) electrons. The third-order valence-electron chi connectivity index (χ3n) is 3.50. The average molecular weight is 328 g/mol. The lowest BCUT2D eigenvalue weighted by Crippen LogP contribution is -2.37. The second-order valence-electron chi connectivity index (χ2n) is 5.59. The molecular formula is C16H22ClNO4. The highest BCUT2D eigenvalue weighted by Crippen LogP contribution is 2.38. The Morgan fingerprint density at radius 3 is 2.91 bits per heavy atom. The molecule has 0 saturated heterocycles.